The van der Waals surface area contributed by atoms with Crippen molar-refractivity contribution in [3.8, 4) is 34.0 Å². The number of carbonyl (C=O) groups excluding carboxylic acids is 1. The molecule has 0 saturated heterocycles. The number of amides is 1. The molecule has 1 aliphatic rings. The van der Waals surface area contributed by atoms with Crippen LogP contribution in [0.4, 0.5) is 10.1 Å². The summed E-state index contributed by atoms with van der Waals surface area (Å²) in [7, 11) is 0. The predicted octanol–water partition coefficient (Wildman–Crippen LogP) is 5.49. The van der Waals surface area contributed by atoms with Crippen LogP contribution in [0.3, 0.4) is 0 Å². The van der Waals surface area contributed by atoms with E-state index in [2.05, 4.69) is 35.5 Å². The molecule has 1 saturated carbocycles. The number of hydrogen-bond acceptors (Lipinski definition) is 7. The molecule has 6 aromatic heterocycles. The molecule has 0 aromatic carbocycles. The van der Waals surface area contributed by atoms with Gasteiger partial charge in [0, 0.05) is 29.4 Å². The van der Waals surface area contributed by atoms with Gasteiger partial charge in [0.1, 0.15) is 22.6 Å². The zero-order valence-corrected chi connectivity index (χ0v) is 20.0. The van der Waals surface area contributed by atoms with Crippen molar-refractivity contribution in [3.05, 3.63) is 61.3 Å². The van der Waals surface area contributed by atoms with Crippen LogP contribution in [0.5, 0.6) is 0 Å². The molecule has 0 atom stereocenters. The molecule has 10 nitrogen and oxygen atoms in total. The van der Waals surface area contributed by atoms with Crippen LogP contribution in [0.2, 0.25) is 0 Å². The highest BCUT2D eigenvalue weighted by atomic mass is 19.1. The highest BCUT2D eigenvalue weighted by Crippen LogP contribution is 2.34. The number of furan rings is 1. The molecule has 0 radical (unpaired) electrons. The summed E-state index contributed by atoms with van der Waals surface area (Å²) in [6.07, 6.45) is 13.3. The maximum absolute atomic E-state index is 16.0. The van der Waals surface area contributed by atoms with Gasteiger partial charge >= 0.3 is 0 Å². The zero-order valence-electron chi connectivity index (χ0n) is 20.0. The second-order valence-electron chi connectivity index (χ2n) is 9.37. The molecule has 0 unspecified atom stereocenters. The second-order valence-corrected chi connectivity index (χ2v) is 9.37. The number of H-pyrrole nitrogens is 2. The molecule has 1 fully saturated rings. The first kappa shape index (κ1) is 22.3. The number of fused-ring (bicyclic) bond motifs is 2. The summed E-state index contributed by atoms with van der Waals surface area (Å²) in [5, 5.41) is 10.3. The van der Waals surface area contributed by atoms with Gasteiger partial charge in [-0.3, -0.25) is 24.8 Å². The van der Waals surface area contributed by atoms with Crippen LogP contribution in [0.25, 0.3) is 56.0 Å². The number of aromatic nitrogens is 7. The molecule has 6 heterocycles. The number of imidazole rings is 1. The first-order valence-corrected chi connectivity index (χ1v) is 12.3. The van der Waals surface area contributed by atoms with Gasteiger partial charge in [0.2, 0.25) is 5.91 Å². The lowest BCUT2D eigenvalue weighted by Gasteiger charge is -2.11. The van der Waals surface area contributed by atoms with Crippen LogP contribution in [0.1, 0.15) is 25.7 Å². The average Bonchev–Trinajstić information content (AvgIpc) is 3.74. The van der Waals surface area contributed by atoms with Crippen molar-refractivity contribution in [3.63, 3.8) is 0 Å². The minimum Gasteiger partial charge on any atom is -0.472 e. The molecule has 0 aliphatic heterocycles. The van der Waals surface area contributed by atoms with Crippen molar-refractivity contribution in [1.29, 1.82) is 0 Å². The van der Waals surface area contributed by atoms with Crippen molar-refractivity contribution >= 4 is 33.5 Å². The van der Waals surface area contributed by atoms with E-state index in [0.717, 1.165) is 36.8 Å². The first-order valence-electron chi connectivity index (χ1n) is 12.3. The Balaban J connectivity index is 1.28. The topological polar surface area (TPSA) is 138 Å². The number of anilines is 1. The normalized spacial score (nSPS) is 14.0. The van der Waals surface area contributed by atoms with Crippen LogP contribution >= 0.6 is 0 Å². The number of nitrogens with one attached hydrogen (secondary N) is 3. The highest BCUT2D eigenvalue weighted by Gasteiger charge is 2.24. The lowest BCUT2D eigenvalue weighted by atomic mass is 10.1. The van der Waals surface area contributed by atoms with Gasteiger partial charge in [-0.25, -0.2) is 9.37 Å². The Morgan fingerprint density at radius 2 is 1.92 bits per heavy atom. The molecule has 38 heavy (non-hydrogen) atoms. The Morgan fingerprint density at radius 3 is 2.76 bits per heavy atom. The van der Waals surface area contributed by atoms with Crippen molar-refractivity contribution < 1.29 is 13.6 Å². The number of carbonyl (C=O) groups is 1. The summed E-state index contributed by atoms with van der Waals surface area (Å²) in [6, 6.07) is 5.28. The molecule has 1 amide bonds. The quantitative estimate of drug-likeness (QED) is 0.280. The summed E-state index contributed by atoms with van der Waals surface area (Å²) in [4.78, 5) is 33.5. The lowest BCUT2D eigenvalue weighted by Crippen LogP contribution is -2.20. The van der Waals surface area contributed by atoms with E-state index in [1.807, 2.05) is 0 Å². The molecule has 188 valence electrons. The lowest BCUT2D eigenvalue weighted by molar-refractivity contribution is -0.119. The third-order valence-corrected chi connectivity index (χ3v) is 6.97. The van der Waals surface area contributed by atoms with Gasteiger partial charge in [0.25, 0.3) is 0 Å². The van der Waals surface area contributed by atoms with E-state index >= 15 is 4.39 Å². The van der Waals surface area contributed by atoms with Gasteiger partial charge in [-0.15, -0.1) is 0 Å². The molecule has 1 aliphatic carbocycles. The van der Waals surface area contributed by atoms with Crippen molar-refractivity contribution in [2.24, 2.45) is 5.92 Å². The Labute approximate surface area is 214 Å². The predicted molar refractivity (Wildman–Crippen MR) is 138 cm³/mol. The number of hydrogen-bond donors (Lipinski definition) is 3. The molecule has 7 rings (SSSR count). The smallest absolute Gasteiger partial charge is 0.227 e. The zero-order chi connectivity index (χ0) is 25.6. The standard InChI is InChI=1S/C27H21FN8O2/c28-21-20-19(12-31-22(21)16-9-17(11-29-10-16)32-27(37)14-3-1-2-4-14)35-36-25(20)26-33-18-5-7-30-23(24(18)34-26)15-6-8-38-13-15/h5-14H,1-4H2,(H,32,37)(H,33,34)(H,35,36). The molecule has 0 spiro atoms. The van der Waals surface area contributed by atoms with E-state index in [9.17, 15) is 4.79 Å². The molecule has 0 bridgehead atoms. The number of halogens is 1. The van der Waals surface area contributed by atoms with Crippen molar-refractivity contribution in [2.45, 2.75) is 25.7 Å². The molecular formula is C27H21FN8O2. The Hall–Kier alpha value is -4.93. The van der Waals surface area contributed by atoms with Gasteiger partial charge in [-0.05, 0) is 31.0 Å². The largest absolute Gasteiger partial charge is 0.472 e. The summed E-state index contributed by atoms with van der Waals surface area (Å²) >= 11 is 0. The number of pyridine rings is 3. The first-order chi connectivity index (χ1) is 18.7. The van der Waals surface area contributed by atoms with Gasteiger partial charge < -0.3 is 14.7 Å². The van der Waals surface area contributed by atoms with Gasteiger partial charge in [-0.1, -0.05) is 12.8 Å². The fourth-order valence-corrected chi connectivity index (χ4v) is 5.08. The van der Waals surface area contributed by atoms with Crippen LogP contribution in [0, 0.1) is 11.7 Å². The van der Waals surface area contributed by atoms with E-state index < -0.39 is 5.82 Å². The molecular weight excluding hydrogens is 487 g/mol. The van der Waals surface area contributed by atoms with Crippen LogP contribution in [-0.4, -0.2) is 41.0 Å². The molecule has 6 aromatic rings. The Kier molecular flexibility index (Phi) is 5.20. The maximum atomic E-state index is 16.0. The SMILES string of the molecule is O=C(Nc1cncc(-c2ncc3[nH]nc(-c4nc5c(-c6ccoc6)nccc5[nH]4)c3c2F)c1)C1CCCC1. The van der Waals surface area contributed by atoms with E-state index in [-0.39, 0.29) is 22.9 Å². The second kappa shape index (κ2) is 8.87. The maximum Gasteiger partial charge on any atom is 0.227 e. The van der Waals surface area contributed by atoms with Gasteiger partial charge in [-0.2, -0.15) is 5.10 Å². The van der Waals surface area contributed by atoms with Gasteiger partial charge in [0.15, 0.2) is 11.6 Å². The van der Waals surface area contributed by atoms with E-state index in [1.54, 1.807) is 43.1 Å². The third-order valence-electron chi connectivity index (χ3n) is 6.97. The Bertz CT molecular complexity index is 1800. The van der Waals surface area contributed by atoms with Crippen LogP contribution < -0.4 is 5.32 Å². The third kappa shape index (κ3) is 3.71. The minimum absolute atomic E-state index is 0.00592. The monoisotopic (exact) mass is 508 g/mol. The summed E-state index contributed by atoms with van der Waals surface area (Å²) in [6.45, 7) is 0. The summed E-state index contributed by atoms with van der Waals surface area (Å²) < 4.78 is 21.2. The fourth-order valence-electron chi connectivity index (χ4n) is 5.08. The number of rotatable bonds is 5. The van der Waals surface area contributed by atoms with Crippen molar-refractivity contribution in [1.82, 2.24) is 35.1 Å². The van der Waals surface area contributed by atoms with Gasteiger partial charge in [0.05, 0.1) is 47.0 Å². The van der Waals surface area contributed by atoms with E-state index in [1.165, 1.54) is 12.4 Å². The van der Waals surface area contributed by atoms with Crippen LogP contribution in [0.15, 0.2) is 59.9 Å². The molecule has 3 N–H and O–H groups in total. The fraction of sp³-hybridized carbons (Fsp3) is 0.185. The van der Waals surface area contributed by atoms with E-state index in [0.29, 0.717) is 39.5 Å². The highest BCUT2D eigenvalue weighted by molar-refractivity contribution is 5.97. The van der Waals surface area contributed by atoms with Crippen molar-refractivity contribution in [2.75, 3.05) is 5.32 Å². The number of aromatic amines is 2. The summed E-state index contributed by atoms with van der Waals surface area (Å²) in [5.74, 6) is -0.209. The Morgan fingerprint density at radius 1 is 1.03 bits per heavy atom. The van der Waals surface area contributed by atoms with Crippen LogP contribution in [-0.2, 0) is 4.79 Å². The van der Waals surface area contributed by atoms with E-state index in [4.69, 9.17) is 9.40 Å². The minimum atomic E-state index is -0.569. The molecule has 11 heteroatoms. The number of nitrogens with zero attached hydrogens (tertiary/aromatic N) is 5. The average molecular weight is 509 g/mol. The summed E-state index contributed by atoms with van der Waals surface area (Å²) in [5.41, 5.74) is 4.55.